The van der Waals surface area contributed by atoms with Gasteiger partial charge in [0.2, 0.25) is 0 Å². The highest BCUT2D eigenvalue weighted by Gasteiger charge is 2.17. The molecule has 0 bridgehead atoms. The van der Waals surface area contributed by atoms with Gasteiger partial charge in [0.1, 0.15) is 6.61 Å². The molecule has 0 aromatic carbocycles. The van der Waals surface area contributed by atoms with Gasteiger partial charge in [-0.25, -0.2) is 9.59 Å². The molecule has 0 saturated heterocycles. The Labute approximate surface area is 99.5 Å². The minimum absolute atomic E-state index is 0.459. The van der Waals surface area contributed by atoms with Crippen molar-refractivity contribution in [2.45, 2.75) is 39.3 Å². The first-order chi connectivity index (χ1) is 7.61. The van der Waals surface area contributed by atoms with Crippen LogP contribution in [0.4, 0.5) is 4.79 Å². The van der Waals surface area contributed by atoms with Gasteiger partial charge in [0, 0.05) is 5.54 Å². The van der Waals surface area contributed by atoms with Crippen LogP contribution in [-0.2, 0) is 14.3 Å². The molecule has 98 valence electrons. The Morgan fingerprint density at radius 3 is 2.24 bits per heavy atom. The molecular formula is C10H18N2O5. The van der Waals surface area contributed by atoms with Gasteiger partial charge in [0.05, 0.1) is 0 Å². The van der Waals surface area contributed by atoms with Crippen LogP contribution in [-0.4, -0.2) is 41.3 Å². The molecule has 0 aliphatic heterocycles. The number of urea groups is 1. The van der Waals surface area contributed by atoms with Crippen molar-refractivity contribution in [1.82, 2.24) is 10.6 Å². The molecule has 1 unspecified atom stereocenters. The van der Waals surface area contributed by atoms with Crippen LogP contribution in [0.25, 0.3) is 0 Å². The van der Waals surface area contributed by atoms with Crippen LogP contribution >= 0.6 is 0 Å². The molecule has 0 aliphatic rings. The van der Waals surface area contributed by atoms with Gasteiger partial charge in [0.25, 0.3) is 5.91 Å². The van der Waals surface area contributed by atoms with Gasteiger partial charge in [-0.1, -0.05) is 0 Å². The monoisotopic (exact) mass is 246 g/mol. The van der Waals surface area contributed by atoms with E-state index in [0.717, 1.165) is 0 Å². The number of hydrogen-bond donors (Lipinski definition) is 3. The van der Waals surface area contributed by atoms with Crippen molar-refractivity contribution in [3.8, 4) is 0 Å². The second-order valence-corrected chi connectivity index (χ2v) is 4.54. The summed E-state index contributed by atoms with van der Waals surface area (Å²) in [5.41, 5.74) is -0.459. The van der Waals surface area contributed by atoms with Crippen LogP contribution in [0.15, 0.2) is 0 Å². The van der Waals surface area contributed by atoms with E-state index in [-0.39, 0.29) is 0 Å². The molecule has 0 rings (SSSR count). The summed E-state index contributed by atoms with van der Waals surface area (Å²) >= 11 is 0. The fourth-order valence-electron chi connectivity index (χ4n) is 0.807. The maximum absolute atomic E-state index is 11.2. The van der Waals surface area contributed by atoms with Crippen molar-refractivity contribution in [2.75, 3.05) is 6.61 Å². The summed E-state index contributed by atoms with van der Waals surface area (Å²) in [6.07, 6.45) is -1.09. The lowest BCUT2D eigenvalue weighted by molar-refractivity contribution is -0.150. The zero-order chi connectivity index (χ0) is 13.6. The largest absolute Gasteiger partial charge is 0.479 e. The number of carboxylic acid groups (broad SMARTS) is 1. The summed E-state index contributed by atoms with van der Waals surface area (Å²) in [6, 6.07) is -0.644. The normalized spacial score (nSPS) is 12.7. The first kappa shape index (κ1) is 15.4. The van der Waals surface area contributed by atoms with E-state index in [9.17, 15) is 14.4 Å². The Bertz CT molecular complexity index is 308. The molecule has 0 radical (unpaired) electrons. The fraction of sp³-hybridized carbons (Fsp3) is 0.700. The molecule has 3 N–H and O–H groups in total. The lowest BCUT2D eigenvalue weighted by atomic mass is 10.1. The first-order valence-electron chi connectivity index (χ1n) is 5.08. The molecule has 7 nitrogen and oxygen atoms in total. The highest BCUT2D eigenvalue weighted by atomic mass is 16.5. The standard InChI is InChI=1S/C10H18N2O5/c1-6(8(14)15)17-5-7(13)11-9(16)12-10(2,3)4/h6H,5H2,1-4H3,(H,14,15)(H2,11,12,13,16). The second kappa shape index (κ2) is 6.19. The molecule has 0 saturated carbocycles. The van der Waals surface area contributed by atoms with Crippen molar-refractivity contribution < 1.29 is 24.2 Å². The number of ether oxygens (including phenoxy) is 1. The molecule has 0 aromatic rings. The maximum atomic E-state index is 11.2. The van der Waals surface area contributed by atoms with Crippen LogP contribution in [0.2, 0.25) is 0 Å². The minimum Gasteiger partial charge on any atom is -0.479 e. The molecular weight excluding hydrogens is 228 g/mol. The van der Waals surface area contributed by atoms with Crippen molar-refractivity contribution in [1.29, 1.82) is 0 Å². The van der Waals surface area contributed by atoms with Crippen molar-refractivity contribution in [3.05, 3.63) is 0 Å². The summed E-state index contributed by atoms with van der Waals surface area (Å²) in [4.78, 5) is 32.8. The molecule has 7 heteroatoms. The Morgan fingerprint density at radius 2 is 1.82 bits per heavy atom. The molecule has 0 spiro atoms. The summed E-state index contributed by atoms with van der Waals surface area (Å²) < 4.78 is 4.70. The van der Waals surface area contributed by atoms with Gasteiger partial charge < -0.3 is 15.2 Å². The summed E-state index contributed by atoms with van der Waals surface area (Å²) in [5, 5.41) is 13.0. The number of aliphatic carboxylic acids is 1. The average Bonchev–Trinajstić information content (AvgIpc) is 2.10. The summed E-state index contributed by atoms with van der Waals surface area (Å²) in [7, 11) is 0. The Balaban J connectivity index is 3.95. The molecule has 0 heterocycles. The molecule has 17 heavy (non-hydrogen) atoms. The van der Waals surface area contributed by atoms with Gasteiger partial charge in [-0.15, -0.1) is 0 Å². The van der Waals surface area contributed by atoms with Crippen molar-refractivity contribution in [2.24, 2.45) is 0 Å². The third-order valence-corrected chi connectivity index (χ3v) is 1.55. The number of nitrogens with one attached hydrogen (secondary N) is 2. The van der Waals surface area contributed by atoms with E-state index >= 15 is 0 Å². The highest BCUT2D eigenvalue weighted by Crippen LogP contribution is 1.97. The van der Waals surface area contributed by atoms with Crippen LogP contribution < -0.4 is 10.6 Å². The topological polar surface area (TPSA) is 105 Å². The predicted octanol–water partition coefficient (Wildman–Crippen LogP) is 0.100. The highest BCUT2D eigenvalue weighted by molar-refractivity contribution is 5.95. The Hall–Kier alpha value is -1.63. The van der Waals surface area contributed by atoms with Crippen LogP contribution in [0.1, 0.15) is 27.7 Å². The molecule has 0 aromatic heterocycles. The first-order valence-corrected chi connectivity index (χ1v) is 5.08. The SMILES string of the molecule is CC(OCC(=O)NC(=O)NC(C)(C)C)C(=O)O. The van der Waals surface area contributed by atoms with Gasteiger partial charge in [-0.2, -0.15) is 0 Å². The van der Waals surface area contributed by atoms with Crippen molar-refractivity contribution in [3.63, 3.8) is 0 Å². The number of carboxylic acids is 1. The Kier molecular flexibility index (Phi) is 5.60. The molecule has 0 fully saturated rings. The van der Waals surface area contributed by atoms with Crippen LogP contribution in [0.5, 0.6) is 0 Å². The number of carbonyl (C=O) groups excluding carboxylic acids is 2. The molecule has 0 aliphatic carbocycles. The zero-order valence-electron chi connectivity index (χ0n) is 10.4. The van der Waals surface area contributed by atoms with E-state index in [0.29, 0.717) is 0 Å². The Morgan fingerprint density at radius 1 is 1.29 bits per heavy atom. The van der Waals surface area contributed by atoms with Crippen LogP contribution in [0, 0.1) is 0 Å². The maximum Gasteiger partial charge on any atom is 0.332 e. The van der Waals surface area contributed by atoms with Gasteiger partial charge in [-0.3, -0.25) is 10.1 Å². The van der Waals surface area contributed by atoms with E-state index in [4.69, 9.17) is 9.84 Å². The van der Waals surface area contributed by atoms with Gasteiger partial charge in [0.15, 0.2) is 6.10 Å². The van der Waals surface area contributed by atoms with E-state index in [1.807, 2.05) is 5.32 Å². The minimum atomic E-state index is -1.17. The smallest absolute Gasteiger partial charge is 0.332 e. The van der Waals surface area contributed by atoms with Gasteiger partial charge in [-0.05, 0) is 27.7 Å². The molecule has 3 amide bonds. The summed E-state index contributed by atoms with van der Waals surface area (Å²) in [5.74, 6) is -1.86. The molecule has 1 atom stereocenters. The third-order valence-electron chi connectivity index (χ3n) is 1.55. The number of amides is 3. The van der Waals surface area contributed by atoms with E-state index in [1.165, 1.54) is 6.92 Å². The number of imide groups is 1. The number of rotatable bonds is 4. The van der Waals surface area contributed by atoms with Crippen molar-refractivity contribution >= 4 is 17.9 Å². The quantitative estimate of drug-likeness (QED) is 0.652. The van der Waals surface area contributed by atoms with E-state index in [2.05, 4.69) is 5.32 Å². The lowest BCUT2D eigenvalue weighted by Crippen LogP contribution is -2.49. The zero-order valence-corrected chi connectivity index (χ0v) is 10.4. The number of carbonyl (C=O) groups is 3. The van der Waals surface area contributed by atoms with Crippen LogP contribution in [0.3, 0.4) is 0 Å². The van der Waals surface area contributed by atoms with E-state index < -0.39 is 36.2 Å². The fourth-order valence-corrected chi connectivity index (χ4v) is 0.807. The predicted molar refractivity (Wildman–Crippen MR) is 59.5 cm³/mol. The lowest BCUT2D eigenvalue weighted by Gasteiger charge is -2.20. The number of hydrogen-bond acceptors (Lipinski definition) is 4. The second-order valence-electron chi connectivity index (χ2n) is 4.54. The van der Waals surface area contributed by atoms with E-state index in [1.54, 1.807) is 20.8 Å². The average molecular weight is 246 g/mol. The van der Waals surface area contributed by atoms with Gasteiger partial charge >= 0.3 is 12.0 Å². The summed E-state index contributed by atoms with van der Waals surface area (Å²) in [6.45, 7) is 6.11. The third kappa shape index (κ3) is 8.21.